The molecule has 0 atom stereocenters. The molecule has 1 aromatic rings. The zero-order chi connectivity index (χ0) is 8.59. The first-order chi connectivity index (χ1) is 5.04. The van der Waals surface area contributed by atoms with E-state index in [1.165, 1.54) is 11.1 Å². The number of nitrogen functional groups attached to an aromatic ring is 1. The third-order valence-corrected chi connectivity index (χ3v) is 3.24. The number of hydrogen-bond acceptors (Lipinski definition) is 1. The van der Waals surface area contributed by atoms with Gasteiger partial charge in [-0.3, -0.25) is 0 Å². The zero-order valence-corrected chi connectivity index (χ0v) is 9.84. The van der Waals surface area contributed by atoms with Gasteiger partial charge in [0.2, 0.25) is 0 Å². The largest absolute Gasteiger partial charge is 0.398 e. The Morgan fingerprint density at radius 3 is 2.17 bits per heavy atom. The summed E-state index contributed by atoms with van der Waals surface area (Å²) in [5.74, 6) is 0. The molecule has 0 saturated carbocycles. The first kappa shape index (κ1) is 11.8. The minimum absolute atomic E-state index is 0. The summed E-state index contributed by atoms with van der Waals surface area (Å²) in [5.41, 5.74) is 10.3. The monoisotopic (exact) mass is 249 g/mol. The first-order valence-electron chi connectivity index (χ1n) is 3.56. The van der Waals surface area contributed by atoms with Crippen LogP contribution in [-0.2, 0) is 0 Å². The highest BCUT2D eigenvalue weighted by Crippen LogP contribution is 2.28. The summed E-state index contributed by atoms with van der Waals surface area (Å²) in [6.45, 7) is 6.17. The molecule has 0 fully saturated rings. The molecule has 0 radical (unpaired) electrons. The molecule has 1 aromatic carbocycles. The van der Waals surface area contributed by atoms with E-state index >= 15 is 0 Å². The Hall–Kier alpha value is -0.210. The number of halogens is 2. The number of anilines is 1. The van der Waals surface area contributed by atoms with Crippen molar-refractivity contribution in [3.05, 3.63) is 27.2 Å². The van der Waals surface area contributed by atoms with Crippen molar-refractivity contribution in [2.45, 2.75) is 20.8 Å². The van der Waals surface area contributed by atoms with E-state index in [2.05, 4.69) is 29.8 Å². The SMILES string of the molecule is Cc1cc(N)c(C)c(Br)c1C.Cl. The molecule has 0 spiro atoms. The van der Waals surface area contributed by atoms with E-state index in [9.17, 15) is 0 Å². The van der Waals surface area contributed by atoms with Gasteiger partial charge >= 0.3 is 0 Å². The summed E-state index contributed by atoms with van der Waals surface area (Å²) in [7, 11) is 0. The summed E-state index contributed by atoms with van der Waals surface area (Å²) in [6, 6.07) is 2.01. The second kappa shape index (κ2) is 4.15. The molecule has 3 heteroatoms. The molecule has 0 amide bonds. The molecule has 0 heterocycles. The lowest BCUT2D eigenvalue weighted by molar-refractivity contribution is 1.27. The van der Waals surface area contributed by atoms with E-state index in [0.29, 0.717) is 0 Å². The van der Waals surface area contributed by atoms with Crippen LogP contribution in [0, 0.1) is 20.8 Å². The van der Waals surface area contributed by atoms with Crippen molar-refractivity contribution in [2.24, 2.45) is 0 Å². The van der Waals surface area contributed by atoms with Crippen LogP contribution in [0.3, 0.4) is 0 Å². The van der Waals surface area contributed by atoms with Crippen LogP contribution < -0.4 is 5.73 Å². The van der Waals surface area contributed by atoms with Crippen molar-refractivity contribution in [1.82, 2.24) is 0 Å². The van der Waals surface area contributed by atoms with Crippen LogP contribution in [0.1, 0.15) is 16.7 Å². The molecule has 0 aliphatic heterocycles. The summed E-state index contributed by atoms with van der Waals surface area (Å²) < 4.78 is 1.13. The van der Waals surface area contributed by atoms with Gasteiger partial charge in [-0.15, -0.1) is 12.4 Å². The molecule has 0 bridgehead atoms. The molecular formula is C9H13BrClN. The maximum atomic E-state index is 5.76. The molecule has 0 saturated heterocycles. The number of aryl methyl sites for hydroxylation is 1. The number of rotatable bonds is 0. The smallest absolute Gasteiger partial charge is 0.0357 e. The standard InChI is InChI=1S/C9H12BrN.ClH/c1-5-4-8(11)7(3)9(10)6(5)2;/h4H,11H2,1-3H3;1H. The molecule has 68 valence electrons. The summed E-state index contributed by atoms with van der Waals surface area (Å²) in [6.07, 6.45) is 0. The van der Waals surface area contributed by atoms with Crippen LogP contribution in [0.25, 0.3) is 0 Å². The van der Waals surface area contributed by atoms with Gasteiger partial charge < -0.3 is 5.73 Å². The van der Waals surface area contributed by atoms with E-state index in [1.54, 1.807) is 0 Å². The molecule has 0 aromatic heterocycles. The van der Waals surface area contributed by atoms with Crippen LogP contribution >= 0.6 is 28.3 Å². The van der Waals surface area contributed by atoms with E-state index in [1.807, 2.05) is 13.0 Å². The van der Waals surface area contributed by atoms with Crippen LogP contribution in [0.5, 0.6) is 0 Å². The highest BCUT2D eigenvalue weighted by atomic mass is 79.9. The Balaban J connectivity index is 0.00000121. The minimum Gasteiger partial charge on any atom is -0.398 e. The maximum Gasteiger partial charge on any atom is 0.0357 e. The number of hydrogen-bond donors (Lipinski definition) is 1. The predicted molar refractivity (Wildman–Crippen MR) is 60.0 cm³/mol. The van der Waals surface area contributed by atoms with E-state index in [0.717, 1.165) is 15.7 Å². The van der Waals surface area contributed by atoms with Gasteiger partial charge in [0.05, 0.1) is 0 Å². The molecule has 1 nitrogen and oxygen atoms in total. The third kappa shape index (κ3) is 1.93. The van der Waals surface area contributed by atoms with Gasteiger partial charge in [0, 0.05) is 10.2 Å². The van der Waals surface area contributed by atoms with Crippen molar-refractivity contribution in [1.29, 1.82) is 0 Å². The summed E-state index contributed by atoms with van der Waals surface area (Å²) >= 11 is 3.50. The Labute approximate surface area is 87.9 Å². The van der Waals surface area contributed by atoms with Gasteiger partial charge in [0.25, 0.3) is 0 Å². The van der Waals surface area contributed by atoms with Gasteiger partial charge in [-0.25, -0.2) is 0 Å². The quantitative estimate of drug-likeness (QED) is 0.702. The van der Waals surface area contributed by atoms with Gasteiger partial charge in [-0.1, -0.05) is 15.9 Å². The van der Waals surface area contributed by atoms with Crippen molar-refractivity contribution in [2.75, 3.05) is 5.73 Å². The van der Waals surface area contributed by atoms with Crippen molar-refractivity contribution in [3.8, 4) is 0 Å². The molecule has 0 unspecified atom stereocenters. The van der Waals surface area contributed by atoms with E-state index in [-0.39, 0.29) is 12.4 Å². The zero-order valence-electron chi connectivity index (χ0n) is 7.44. The minimum atomic E-state index is 0. The molecular weight excluding hydrogens is 237 g/mol. The second-order valence-electron chi connectivity index (χ2n) is 2.85. The fourth-order valence-corrected chi connectivity index (χ4v) is 1.57. The normalized spacial score (nSPS) is 9.33. The van der Waals surface area contributed by atoms with Crippen molar-refractivity contribution < 1.29 is 0 Å². The molecule has 1 rings (SSSR count). The van der Waals surface area contributed by atoms with Crippen LogP contribution in [-0.4, -0.2) is 0 Å². The fraction of sp³-hybridized carbons (Fsp3) is 0.333. The second-order valence-corrected chi connectivity index (χ2v) is 3.64. The lowest BCUT2D eigenvalue weighted by Gasteiger charge is -2.08. The number of benzene rings is 1. The first-order valence-corrected chi connectivity index (χ1v) is 4.35. The van der Waals surface area contributed by atoms with Gasteiger partial charge in [0.1, 0.15) is 0 Å². The summed E-state index contributed by atoms with van der Waals surface area (Å²) in [5, 5.41) is 0. The van der Waals surface area contributed by atoms with Crippen LogP contribution in [0.2, 0.25) is 0 Å². The van der Waals surface area contributed by atoms with E-state index < -0.39 is 0 Å². The average molecular weight is 251 g/mol. The van der Waals surface area contributed by atoms with Gasteiger partial charge in [-0.05, 0) is 43.5 Å². The third-order valence-electron chi connectivity index (χ3n) is 2.06. The van der Waals surface area contributed by atoms with Crippen LogP contribution in [0.15, 0.2) is 10.5 Å². The highest BCUT2D eigenvalue weighted by molar-refractivity contribution is 9.10. The Kier molecular flexibility index (Phi) is 4.08. The van der Waals surface area contributed by atoms with Gasteiger partial charge in [-0.2, -0.15) is 0 Å². The fourth-order valence-electron chi connectivity index (χ4n) is 1.03. The Morgan fingerprint density at radius 2 is 1.67 bits per heavy atom. The van der Waals surface area contributed by atoms with Crippen LogP contribution in [0.4, 0.5) is 5.69 Å². The molecule has 12 heavy (non-hydrogen) atoms. The predicted octanol–water partition coefficient (Wildman–Crippen LogP) is 3.38. The average Bonchev–Trinajstić information content (AvgIpc) is 1.97. The number of nitrogens with two attached hydrogens (primary N) is 1. The Bertz CT molecular complexity index is 271. The Morgan fingerprint density at radius 1 is 1.17 bits per heavy atom. The highest BCUT2D eigenvalue weighted by Gasteiger charge is 2.04. The van der Waals surface area contributed by atoms with Crippen molar-refractivity contribution in [3.63, 3.8) is 0 Å². The molecule has 0 aliphatic carbocycles. The van der Waals surface area contributed by atoms with E-state index in [4.69, 9.17) is 5.73 Å². The molecule has 0 aliphatic rings. The maximum absolute atomic E-state index is 5.76. The van der Waals surface area contributed by atoms with Crippen molar-refractivity contribution >= 4 is 34.0 Å². The topological polar surface area (TPSA) is 26.0 Å². The molecule has 2 N–H and O–H groups in total. The summed E-state index contributed by atoms with van der Waals surface area (Å²) in [4.78, 5) is 0. The lowest BCUT2D eigenvalue weighted by Crippen LogP contribution is -1.94. The van der Waals surface area contributed by atoms with Gasteiger partial charge in [0.15, 0.2) is 0 Å². The lowest BCUT2D eigenvalue weighted by atomic mass is 10.1.